The minimum Gasteiger partial charge on any atom is -0.508 e. The van der Waals surface area contributed by atoms with Crippen molar-refractivity contribution in [3.8, 4) is 5.75 Å². The van der Waals surface area contributed by atoms with Gasteiger partial charge in [-0.2, -0.15) is 0 Å². The molecule has 5 atom stereocenters. The van der Waals surface area contributed by atoms with E-state index >= 15 is 0 Å². The van der Waals surface area contributed by atoms with Gasteiger partial charge in [-0.3, -0.25) is 4.79 Å². The zero-order valence-corrected chi connectivity index (χ0v) is 21.5. The predicted molar refractivity (Wildman–Crippen MR) is 138 cm³/mol. The lowest BCUT2D eigenvalue weighted by Gasteiger charge is -2.50. The van der Waals surface area contributed by atoms with Crippen molar-refractivity contribution < 1.29 is 14.7 Å². The molecule has 35 heavy (non-hydrogen) atoms. The van der Waals surface area contributed by atoms with Crippen molar-refractivity contribution in [3.63, 3.8) is 0 Å². The van der Waals surface area contributed by atoms with Crippen molar-refractivity contribution in [1.82, 2.24) is 10.6 Å². The second kappa shape index (κ2) is 10.5. The van der Waals surface area contributed by atoms with Gasteiger partial charge in [-0.05, 0) is 104 Å². The number of carbonyl (C=O) groups is 2. The van der Waals surface area contributed by atoms with Crippen LogP contribution in [0, 0.1) is 29.1 Å². The number of unbranched alkanes of at least 4 members (excludes halogenated alkanes) is 1. The highest BCUT2D eigenvalue weighted by atomic mass is 16.3. The van der Waals surface area contributed by atoms with Crippen molar-refractivity contribution in [1.29, 1.82) is 0 Å². The first-order valence-corrected chi connectivity index (χ1v) is 14.3. The largest absolute Gasteiger partial charge is 0.508 e. The van der Waals surface area contributed by atoms with Gasteiger partial charge in [-0.25, -0.2) is 4.79 Å². The Kier molecular flexibility index (Phi) is 7.41. The van der Waals surface area contributed by atoms with Gasteiger partial charge >= 0.3 is 6.03 Å². The van der Waals surface area contributed by atoms with Crippen LogP contribution in [0.5, 0.6) is 5.75 Å². The van der Waals surface area contributed by atoms with E-state index in [-0.39, 0.29) is 11.4 Å². The van der Waals surface area contributed by atoms with Crippen LogP contribution in [0.4, 0.5) is 4.79 Å². The van der Waals surface area contributed by atoms with Gasteiger partial charge in [-0.1, -0.05) is 38.7 Å². The van der Waals surface area contributed by atoms with Crippen LogP contribution in [0.25, 0.3) is 0 Å². The topological polar surface area (TPSA) is 78.4 Å². The Morgan fingerprint density at radius 2 is 1.91 bits per heavy atom. The summed E-state index contributed by atoms with van der Waals surface area (Å²) in [6, 6.07) is 5.90. The molecule has 2 amide bonds. The lowest BCUT2D eigenvalue weighted by Crippen LogP contribution is -2.44. The van der Waals surface area contributed by atoms with Crippen LogP contribution >= 0.6 is 0 Å². The first kappa shape index (κ1) is 24.6. The van der Waals surface area contributed by atoms with E-state index in [2.05, 4.69) is 23.6 Å². The Morgan fingerprint density at radius 1 is 1.09 bits per heavy atom. The zero-order valence-electron chi connectivity index (χ0n) is 21.5. The van der Waals surface area contributed by atoms with Crippen LogP contribution in [0.1, 0.15) is 101 Å². The van der Waals surface area contributed by atoms with Crippen molar-refractivity contribution >= 4 is 11.8 Å². The molecule has 192 valence electrons. The van der Waals surface area contributed by atoms with Gasteiger partial charge in [0.05, 0.1) is 0 Å². The molecule has 0 spiro atoms. The number of aryl methyl sites for hydroxylation is 1. The quantitative estimate of drug-likeness (QED) is 0.413. The van der Waals surface area contributed by atoms with E-state index in [4.69, 9.17) is 0 Å². The first-order chi connectivity index (χ1) is 17.0. The highest BCUT2D eigenvalue weighted by Crippen LogP contribution is 2.62. The van der Waals surface area contributed by atoms with Crippen LogP contribution < -0.4 is 10.6 Å². The molecular formula is C30H44N2O3. The fraction of sp³-hybridized carbons (Fsp3) is 0.733. The third kappa shape index (κ3) is 5.11. The molecule has 1 aromatic carbocycles. The fourth-order valence-electron chi connectivity index (χ4n) is 8.32. The van der Waals surface area contributed by atoms with Gasteiger partial charge in [-0.15, -0.1) is 0 Å². The SMILES string of the molecule is C[C@]12CCC3c4ccc(O)cc4CC[C@H]3[C@@H]1[C@@H](CCCCNC(=O)NCC1CCCCC1)CC2=O. The van der Waals surface area contributed by atoms with E-state index in [1.54, 1.807) is 0 Å². The Balaban J connectivity index is 1.12. The Bertz CT molecular complexity index is 924. The normalized spacial score (nSPS) is 32.4. The summed E-state index contributed by atoms with van der Waals surface area (Å²) in [5, 5.41) is 16.1. The molecule has 1 aromatic rings. The summed E-state index contributed by atoms with van der Waals surface area (Å²) in [6.07, 6.45) is 14.5. The third-order valence-electron chi connectivity index (χ3n) is 10.1. The van der Waals surface area contributed by atoms with Crippen LogP contribution in [0.3, 0.4) is 0 Å². The number of carbonyl (C=O) groups excluding carboxylic acids is 2. The number of hydrogen-bond acceptors (Lipinski definition) is 3. The van der Waals surface area contributed by atoms with Gasteiger partial charge < -0.3 is 15.7 Å². The van der Waals surface area contributed by atoms with Gasteiger partial charge in [0, 0.05) is 24.9 Å². The number of phenolic OH excluding ortho intramolecular Hbond substituents is 1. The number of amides is 2. The average molecular weight is 481 g/mol. The number of nitrogens with one attached hydrogen (secondary N) is 2. The summed E-state index contributed by atoms with van der Waals surface area (Å²) in [5.41, 5.74) is 2.57. The molecule has 3 N–H and O–H groups in total. The Morgan fingerprint density at radius 3 is 2.74 bits per heavy atom. The first-order valence-electron chi connectivity index (χ1n) is 14.3. The van der Waals surface area contributed by atoms with Crippen molar-refractivity contribution in [2.24, 2.45) is 29.1 Å². The summed E-state index contributed by atoms with van der Waals surface area (Å²) in [5.74, 6) is 3.56. The molecule has 0 radical (unpaired) electrons. The molecule has 3 fully saturated rings. The minimum atomic E-state index is -0.155. The van der Waals surface area contributed by atoms with Gasteiger partial charge in [0.25, 0.3) is 0 Å². The van der Waals surface area contributed by atoms with E-state index in [1.807, 2.05) is 12.1 Å². The highest BCUT2D eigenvalue weighted by Gasteiger charge is 2.58. The standard InChI is InChI=1S/C30H44N2O3/c1-30-15-14-25-24-13-11-23(33)17-21(24)10-12-26(25)28(30)22(18-27(30)34)9-5-6-16-31-29(35)32-19-20-7-3-2-4-8-20/h11,13,17,20,22,25-26,28,33H,2-10,12,14-16,18-19H2,1H3,(H2,31,32,35)/t22-,25?,26+,28-,30+/m0/s1. The minimum absolute atomic E-state index is 0.0266. The molecule has 0 aliphatic heterocycles. The summed E-state index contributed by atoms with van der Waals surface area (Å²) in [4.78, 5) is 25.4. The summed E-state index contributed by atoms with van der Waals surface area (Å²) in [7, 11) is 0. The van der Waals surface area contributed by atoms with E-state index < -0.39 is 0 Å². The number of phenols is 1. The molecule has 5 nitrogen and oxygen atoms in total. The number of rotatable bonds is 7. The monoisotopic (exact) mass is 480 g/mol. The van der Waals surface area contributed by atoms with Crippen LogP contribution in [-0.2, 0) is 11.2 Å². The van der Waals surface area contributed by atoms with Crippen molar-refractivity contribution in [2.75, 3.05) is 13.1 Å². The average Bonchev–Trinajstić information content (AvgIpc) is 3.12. The smallest absolute Gasteiger partial charge is 0.314 e. The predicted octanol–water partition coefficient (Wildman–Crippen LogP) is 6.09. The maximum atomic E-state index is 13.2. The Hall–Kier alpha value is -2.04. The lowest BCUT2D eigenvalue weighted by atomic mass is 9.54. The van der Waals surface area contributed by atoms with E-state index in [0.717, 1.165) is 57.9 Å². The number of benzene rings is 1. The molecule has 0 aromatic heterocycles. The maximum absolute atomic E-state index is 13.2. The zero-order chi connectivity index (χ0) is 24.4. The number of urea groups is 1. The van der Waals surface area contributed by atoms with Gasteiger partial charge in [0.2, 0.25) is 0 Å². The molecule has 3 saturated carbocycles. The third-order valence-corrected chi connectivity index (χ3v) is 10.1. The van der Waals surface area contributed by atoms with Gasteiger partial charge in [0.15, 0.2) is 0 Å². The van der Waals surface area contributed by atoms with Crippen molar-refractivity contribution in [3.05, 3.63) is 29.3 Å². The maximum Gasteiger partial charge on any atom is 0.314 e. The molecule has 5 rings (SSSR count). The second-order valence-electron chi connectivity index (χ2n) is 12.2. The Labute approximate surface area is 210 Å². The van der Waals surface area contributed by atoms with Crippen LogP contribution in [0.15, 0.2) is 18.2 Å². The molecule has 4 aliphatic carbocycles. The number of aromatic hydroxyl groups is 1. The molecule has 4 aliphatic rings. The van der Waals surface area contributed by atoms with E-state index in [0.29, 0.717) is 47.7 Å². The molecule has 0 heterocycles. The summed E-state index contributed by atoms with van der Waals surface area (Å²) in [6.45, 7) is 3.77. The molecule has 0 saturated heterocycles. The molecular weight excluding hydrogens is 436 g/mol. The summed E-state index contributed by atoms with van der Waals surface area (Å²) >= 11 is 0. The van der Waals surface area contributed by atoms with Crippen molar-refractivity contribution in [2.45, 2.75) is 96.3 Å². The molecule has 1 unspecified atom stereocenters. The molecule has 5 heteroatoms. The highest BCUT2D eigenvalue weighted by molar-refractivity contribution is 5.87. The van der Waals surface area contributed by atoms with Crippen LogP contribution in [-0.4, -0.2) is 30.0 Å². The lowest BCUT2D eigenvalue weighted by molar-refractivity contribution is -0.129. The number of hydrogen-bond donors (Lipinski definition) is 3. The number of Topliss-reactive ketones (excluding diaryl/α,β-unsaturated/α-hetero) is 1. The summed E-state index contributed by atoms with van der Waals surface area (Å²) < 4.78 is 0. The van der Waals surface area contributed by atoms with Gasteiger partial charge in [0.1, 0.15) is 11.5 Å². The molecule has 0 bridgehead atoms. The van der Waals surface area contributed by atoms with Crippen LogP contribution in [0.2, 0.25) is 0 Å². The van der Waals surface area contributed by atoms with E-state index in [1.165, 1.54) is 43.2 Å². The fourth-order valence-corrected chi connectivity index (χ4v) is 8.32. The number of fused-ring (bicyclic) bond motifs is 5. The number of ketones is 1. The van der Waals surface area contributed by atoms with E-state index in [9.17, 15) is 14.7 Å². The second-order valence-corrected chi connectivity index (χ2v) is 12.2.